The molecule has 4 heteroatoms. The van der Waals surface area contributed by atoms with E-state index in [1.54, 1.807) is 0 Å². The summed E-state index contributed by atoms with van der Waals surface area (Å²) in [6, 6.07) is 10.0. The first-order chi connectivity index (χ1) is 6.74. The fourth-order valence-electron chi connectivity index (χ4n) is 1.11. The number of nitrogens with zero attached hydrogens (tertiary/aromatic N) is 1. The maximum Gasteiger partial charge on any atom is 0.0210 e. The van der Waals surface area contributed by atoms with E-state index in [9.17, 15) is 4.21 Å². The summed E-state index contributed by atoms with van der Waals surface area (Å²) in [4.78, 5) is 0. The van der Waals surface area contributed by atoms with Crippen molar-refractivity contribution in [2.45, 2.75) is 12.8 Å². The molecule has 0 saturated heterocycles. The quantitative estimate of drug-likeness (QED) is 0.719. The molecule has 1 atom stereocenters. The van der Waals surface area contributed by atoms with Gasteiger partial charge in [0.2, 0.25) is 0 Å². The number of hydrogen-bond donors (Lipinski definition) is 0. The first-order valence-electron chi connectivity index (χ1n) is 4.43. The summed E-state index contributed by atoms with van der Waals surface area (Å²) in [5.74, 6) is 0.273. The van der Waals surface area contributed by atoms with Gasteiger partial charge in [0.15, 0.2) is 0 Å². The van der Waals surface area contributed by atoms with Gasteiger partial charge in [0, 0.05) is 13.7 Å². The molecule has 0 unspecified atom stereocenters. The van der Waals surface area contributed by atoms with Crippen LogP contribution in [-0.2, 0) is 19.3 Å². The molecule has 0 aliphatic rings. The molecule has 0 heterocycles. The molecule has 78 valence electrons. The van der Waals surface area contributed by atoms with Crippen molar-refractivity contribution in [3.63, 3.8) is 0 Å². The van der Waals surface area contributed by atoms with E-state index in [4.69, 9.17) is 0 Å². The molecular formula is C10H14NO2S-. The second kappa shape index (κ2) is 5.78. The minimum Gasteiger partial charge on any atom is -0.441 e. The highest BCUT2D eigenvalue weighted by Crippen LogP contribution is 2.14. The molecule has 1 rings (SSSR count). The van der Waals surface area contributed by atoms with E-state index >= 15 is 0 Å². The summed E-state index contributed by atoms with van der Waals surface area (Å²) in [6.45, 7) is 2.57. The zero-order chi connectivity index (χ0) is 10.4. The molecule has 0 N–H and O–H groups in total. The van der Waals surface area contributed by atoms with Crippen LogP contribution >= 0.6 is 0 Å². The highest BCUT2D eigenvalue weighted by atomic mass is 32.2. The molecule has 1 aromatic carbocycles. The first-order valence-corrected chi connectivity index (χ1v) is 5.46. The van der Waals surface area contributed by atoms with Gasteiger partial charge in [-0.05, 0) is 11.5 Å². The van der Waals surface area contributed by atoms with E-state index in [1.807, 2.05) is 37.3 Å². The summed E-state index contributed by atoms with van der Waals surface area (Å²) >= 11 is 0. The normalized spacial score (nSPS) is 15.3. The molecule has 0 aromatic heterocycles. The standard InChI is InChI=1S/C10H14NO2S/c1-9(8-11-14(12)13-2)10-6-4-3-5-7-10/h3-7,9H,8H2,1-2H3/q-1/t9-/m1/s1. The highest BCUT2D eigenvalue weighted by molar-refractivity contribution is 7.69. The molecular weight excluding hydrogens is 198 g/mol. The fourth-order valence-corrected chi connectivity index (χ4v) is 1.56. The smallest absolute Gasteiger partial charge is 0.0210 e. The highest BCUT2D eigenvalue weighted by Gasteiger charge is 2.00. The molecule has 14 heavy (non-hydrogen) atoms. The Balaban J connectivity index is 2.60. The summed E-state index contributed by atoms with van der Waals surface area (Å²) in [5.41, 5.74) is 1.20. The van der Waals surface area contributed by atoms with E-state index in [-0.39, 0.29) is 5.92 Å². The van der Waals surface area contributed by atoms with Crippen LogP contribution in [0.15, 0.2) is 34.7 Å². The topological polar surface area (TPSA) is 38.7 Å². The lowest BCUT2D eigenvalue weighted by atomic mass is 10.0. The van der Waals surface area contributed by atoms with Crippen molar-refractivity contribution < 1.29 is 8.39 Å². The Labute approximate surface area is 86.5 Å². The number of hydrogen-bond acceptors (Lipinski definition) is 4. The van der Waals surface area contributed by atoms with Crippen LogP contribution in [0.2, 0.25) is 0 Å². The van der Waals surface area contributed by atoms with Crippen LogP contribution in [-0.4, -0.2) is 13.7 Å². The Hall–Kier alpha value is -0.870. The second-order valence-corrected chi connectivity index (χ2v) is 4.03. The Kier molecular flexibility index (Phi) is 4.62. The molecule has 0 spiro atoms. The molecule has 0 bridgehead atoms. The third-order valence-corrected chi connectivity index (χ3v) is 2.61. The minimum absolute atomic E-state index is 0.273. The van der Waals surface area contributed by atoms with E-state index in [1.165, 1.54) is 12.7 Å². The molecule has 0 amide bonds. The monoisotopic (exact) mass is 212 g/mol. The van der Waals surface area contributed by atoms with Crippen molar-refractivity contribution in [1.82, 2.24) is 0 Å². The predicted octanol–water partition coefficient (Wildman–Crippen LogP) is 2.50. The molecule has 0 radical (unpaired) electrons. The van der Waals surface area contributed by atoms with Gasteiger partial charge in [-0.25, -0.2) is 0 Å². The lowest BCUT2D eigenvalue weighted by molar-refractivity contribution is 0.435. The second-order valence-electron chi connectivity index (χ2n) is 3.01. The molecule has 3 nitrogen and oxygen atoms in total. The largest absolute Gasteiger partial charge is 0.441 e. The van der Waals surface area contributed by atoms with Gasteiger partial charge in [0.05, 0.1) is 0 Å². The zero-order valence-electron chi connectivity index (χ0n) is 8.34. The third kappa shape index (κ3) is 3.47. The summed E-state index contributed by atoms with van der Waals surface area (Å²) in [6.07, 6.45) is 0. The third-order valence-electron chi connectivity index (χ3n) is 1.96. The summed E-state index contributed by atoms with van der Waals surface area (Å²) in [5, 5.41) is 0. The average Bonchev–Trinajstić information content (AvgIpc) is 2.26. The van der Waals surface area contributed by atoms with Crippen LogP contribution in [0, 0.1) is 0 Å². The molecule has 0 fully saturated rings. The van der Waals surface area contributed by atoms with Gasteiger partial charge >= 0.3 is 0 Å². The van der Waals surface area contributed by atoms with Crippen molar-refractivity contribution in [2.75, 3.05) is 13.7 Å². The summed E-state index contributed by atoms with van der Waals surface area (Å²) in [7, 11) is -0.115. The van der Waals surface area contributed by atoms with Gasteiger partial charge in [-0.1, -0.05) is 48.1 Å². The predicted molar refractivity (Wildman–Crippen MR) is 57.2 cm³/mol. The number of rotatable bonds is 4. The Morgan fingerprint density at radius 3 is 2.64 bits per heavy atom. The lowest BCUT2D eigenvalue weighted by Gasteiger charge is -2.10. The Morgan fingerprint density at radius 2 is 2.07 bits per heavy atom. The maximum atomic E-state index is 10.9. The van der Waals surface area contributed by atoms with Gasteiger partial charge in [0.25, 0.3) is 0 Å². The van der Waals surface area contributed by atoms with E-state index in [2.05, 4.69) is 8.55 Å². The van der Waals surface area contributed by atoms with Crippen molar-refractivity contribution in [3.05, 3.63) is 35.9 Å². The Bertz CT molecular complexity index is 344. The van der Waals surface area contributed by atoms with Gasteiger partial charge in [-0.15, -0.1) is 0 Å². The van der Waals surface area contributed by atoms with E-state index < -0.39 is 10.9 Å². The van der Waals surface area contributed by atoms with Gasteiger partial charge in [-0.3, -0.25) is 0 Å². The Morgan fingerprint density at radius 1 is 1.43 bits per heavy atom. The lowest BCUT2D eigenvalue weighted by Crippen LogP contribution is -1.97. The number of benzene rings is 1. The van der Waals surface area contributed by atoms with Crippen LogP contribution in [0.1, 0.15) is 18.4 Å². The zero-order valence-corrected chi connectivity index (χ0v) is 9.16. The van der Waals surface area contributed by atoms with Crippen molar-refractivity contribution in [3.8, 4) is 0 Å². The van der Waals surface area contributed by atoms with Crippen molar-refractivity contribution in [2.24, 2.45) is 4.36 Å². The molecule has 0 aliphatic carbocycles. The molecule has 1 aromatic rings. The van der Waals surface area contributed by atoms with Gasteiger partial charge in [-0.2, -0.15) is 0 Å². The van der Waals surface area contributed by atoms with E-state index in [0.717, 1.165) is 0 Å². The van der Waals surface area contributed by atoms with Crippen LogP contribution in [0.25, 0.3) is 0 Å². The van der Waals surface area contributed by atoms with Crippen LogP contribution in [0.4, 0.5) is 0 Å². The van der Waals surface area contributed by atoms with Crippen LogP contribution < -0.4 is 0 Å². The van der Waals surface area contributed by atoms with Crippen molar-refractivity contribution in [1.29, 1.82) is 0 Å². The summed E-state index contributed by atoms with van der Waals surface area (Å²) < 4.78 is 19.3. The molecule has 0 saturated carbocycles. The van der Waals surface area contributed by atoms with E-state index in [0.29, 0.717) is 6.54 Å². The molecule has 0 aliphatic heterocycles. The average molecular weight is 212 g/mol. The SMILES string of the molecule is CO[S-](=O)=NC[C@@H](C)c1ccccc1. The first kappa shape index (κ1) is 11.2. The maximum absolute atomic E-state index is 10.9. The minimum atomic E-state index is -1.50. The fraction of sp³-hybridized carbons (Fsp3) is 0.400. The van der Waals surface area contributed by atoms with Gasteiger partial charge in [0.1, 0.15) is 0 Å². The van der Waals surface area contributed by atoms with Crippen LogP contribution in [0.5, 0.6) is 0 Å². The van der Waals surface area contributed by atoms with Crippen molar-refractivity contribution >= 4 is 10.9 Å². The van der Waals surface area contributed by atoms with Gasteiger partial charge < -0.3 is 12.8 Å². The van der Waals surface area contributed by atoms with Crippen LogP contribution in [0.3, 0.4) is 0 Å².